The lowest BCUT2D eigenvalue weighted by Crippen LogP contribution is -2.00. The van der Waals surface area contributed by atoms with E-state index in [0.29, 0.717) is 11.2 Å². The lowest BCUT2D eigenvalue weighted by atomic mass is 10.0. The minimum Gasteiger partial charge on any atom is -0.0613 e. The Hall–Kier alpha value is -0.140. The molecular weight excluding hydrogens is 200 g/mol. The van der Waals surface area contributed by atoms with Crippen molar-refractivity contribution in [1.29, 1.82) is 0 Å². The zero-order valence-corrected chi connectivity index (χ0v) is 9.82. The number of benzene rings is 1. The van der Waals surface area contributed by atoms with Crippen LogP contribution >= 0.6 is 21.7 Å². The van der Waals surface area contributed by atoms with Gasteiger partial charge in [-0.1, -0.05) is 43.7 Å². The largest absolute Gasteiger partial charge is 0.0613 e. The predicted molar refractivity (Wildman–Crippen MR) is 62.2 cm³/mol. The molecule has 0 amide bonds. The first kappa shape index (κ1) is 10.9. The van der Waals surface area contributed by atoms with Crippen molar-refractivity contribution in [3.8, 4) is 0 Å². The van der Waals surface area contributed by atoms with Gasteiger partial charge in [0, 0.05) is 5.25 Å². The second kappa shape index (κ2) is 4.92. The highest BCUT2D eigenvalue weighted by Crippen LogP contribution is 2.37. The molecule has 0 aliphatic rings. The Morgan fingerprint density at radius 3 is 2.08 bits per heavy atom. The Morgan fingerprint density at radius 1 is 1.15 bits per heavy atom. The van der Waals surface area contributed by atoms with E-state index in [2.05, 4.69) is 45.0 Å². The molecular formula is C11H15ClS. The minimum atomic E-state index is 0.405. The van der Waals surface area contributed by atoms with Crippen LogP contribution in [0, 0.1) is 12.8 Å². The molecule has 0 bridgehead atoms. The van der Waals surface area contributed by atoms with Gasteiger partial charge in [0.05, 0.1) is 0 Å². The summed E-state index contributed by atoms with van der Waals surface area (Å²) in [5.41, 5.74) is 2.62. The van der Waals surface area contributed by atoms with Crippen LogP contribution in [0.5, 0.6) is 0 Å². The number of rotatable bonds is 3. The third kappa shape index (κ3) is 2.92. The molecule has 13 heavy (non-hydrogen) atoms. The van der Waals surface area contributed by atoms with Crippen LogP contribution in [-0.4, -0.2) is 0 Å². The summed E-state index contributed by atoms with van der Waals surface area (Å²) in [5, 5.41) is 0.405. The molecule has 0 aromatic heterocycles. The molecule has 72 valence electrons. The summed E-state index contributed by atoms with van der Waals surface area (Å²) >= 11 is 0. The zero-order valence-electron chi connectivity index (χ0n) is 8.25. The molecule has 0 saturated carbocycles. The Balaban J connectivity index is 2.86. The molecule has 0 N–H and O–H groups in total. The van der Waals surface area contributed by atoms with Gasteiger partial charge < -0.3 is 0 Å². The van der Waals surface area contributed by atoms with Crippen LogP contribution in [-0.2, 0) is 0 Å². The summed E-state index contributed by atoms with van der Waals surface area (Å²) in [6.45, 7) is 6.49. The molecule has 0 saturated heterocycles. The molecule has 0 nitrogen and oxygen atoms in total. The fourth-order valence-electron chi connectivity index (χ4n) is 1.30. The first-order valence-corrected chi connectivity index (χ1v) is 6.19. The van der Waals surface area contributed by atoms with Crippen molar-refractivity contribution in [3.63, 3.8) is 0 Å². The highest BCUT2D eigenvalue weighted by molar-refractivity contribution is 8.21. The molecule has 1 unspecified atom stereocenters. The van der Waals surface area contributed by atoms with E-state index in [9.17, 15) is 0 Å². The average molecular weight is 215 g/mol. The van der Waals surface area contributed by atoms with Crippen LogP contribution in [0.25, 0.3) is 0 Å². The number of halogens is 1. The molecule has 1 aromatic carbocycles. The van der Waals surface area contributed by atoms with E-state index in [4.69, 9.17) is 10.7 Å². The molecule has 0 fully saturated rings. The van der Waals surface area contributed by atoms with Crippen LogP contribution in [0.1, 0.15) is 30.2 Å². The summed E-state index contributed by atoms with van der Waals surface area (Å²) in [4.78, 5) is 0. The predicted octanol–water partition coefficient (Wildman–Crippen LogP) is 4.58. The van der Waals surface area contributed by atoms with Gasteiger partial charge in [-0.3, -0.25) is 0 Å². The second-order valence-electron chi connectivity index (χ2n) is 3.66. The number of hydrogen-bond acceptors (Lipinski definition) is 1. The maximum Gasteiger partial charge on any atom is 0.0472 e. The van der Waals surface area contributed by atoms with Crippen LogP contribution in [0.3, 0.4) is 0 Å². The van der Waals surface area contributed by atoms with Gasteiger partial charge >= 0.3 is 0 Å². The van der Waals surface area contributed by atoms with Gasteiger partial charge in [-0.2, -0.15) is 0 Å². The van der Waals surface area contributed by atoms with Crippen molar-refractivity contribution < 1.29 is 0 Å². The maximum absolute atomic E-state index is 5.85. The average Bonchev–Trinajstić information content (AvgIpc) is 2.09. The third-order valence-corrected chi connectivity index (χ3v) is 3.69. The second-order valence-corrected chi connectivity index (χ2v) is 4.88. The topological polar surface area (TPSA) is 0 Å². The van der Waals surface area contributed by atoms with E-state index in [-0.39, 0.29) is 0 Å². The fraction of sp³-hybridized carbons (Fsp3) is 0.455. The van der Waals surface area contributed by atoms with Gasteiger partial charge in [0.1, 0.15) is 0 Å². The van der Waals surface area contributed by atoms with Gasteiger partial charge in [0.15, 0.2) is 0 Å². The Bertz CT molecular complexity index is 253. The van der Waals surface area contributed by atoms with Crippen LogP contribution in [0.2, 0.25) is 0 Å². The van der Waals surface area contributed by atoms with Crippen molar-refractivity contribution in [2.24, 2.45) is 5.92 Å². The Kier molecular flexibility index (Phi) is 4.14. The number of hydrogen-bond donors (Lipinski definition) is 0. The highest BCUT2D eigenvalue weighted by Gasteiger charge is 2.14. The zero-order chi connectivity index (χ0) is 9.84. The third-order valence-electron chi connectivity index (χ3n) is 2.11. The monoisotopic (exact) mass is 214 g/mol. The molecule has 0 heterocycles. The van der Waals surface area contributed by atoms with Gasteiger partial charge in [-0.15, -0.1) is 0 Å². The van der Waals surface area contributed by atoms with Crippen LogP contribution < -0.4 is 0 Å². The summed E-state index contributed by atoms with van der Waals surface area (Å²) in [6, 6.07) is 8.60. The van der Waals surface area contributed by atoms with Crippen molar-refractivity contribution in [3.05, 3.63) is 35.4 Å². The molecule has 2 heteroatoms. The molecule has 1 atom stereocenters. The van der Waals surface area contributed by atoms with Crippen molar-refractivity contribution in [1.82, 2.24) is 0 Å². The van der Waals surface area contributed by atoms with E-state index in [0.717, 1.165) is 0 Å². The molecule has 0 aliphatic carbocycles. The fourth-order valence-corrected chi connectivity index (χ4v) is 2.69. The highest BCUT2D eigenvalue weighted by atomic mass is 35.7. The Labute approximate surface area is 89.2 Å². The molecule has 0 radical (unpaired) electrons. The molecule has 0 aliphatic heterocycles. The van der Waals surface area contributed by atoms with Gasteiger partial charge in [0.25, 0.3) is 0 Å². The first-order valence-electron chi connectivity index (χ1n) is 4.49. The molecule has 0 spiro atoms. The first-order chi connectivity index (χ1) is 6.15. The van der Waals surface area contributed by atoms with Crippen LogP contribution in [0.15, 0.2) is 24.3 Å². The smallest absolute Gasteiger partial charge is 0.0472 e. The summed E-state index contributed by atoms with van der Waals surface area (Å²) in [6.07, 6.45) is 0. The number of aryl methyl sites for hydroxylation is 1. The maximum atomic E-state index is 5.85. The van der Waals surface area contributed by atoms with Crippen molar-refractivity contribution in [2.75, 3.05) is 0 Å². The van der Waals surface area contributed by atoms with Gasteiger partial charge in [-0.25, -0.2) is 0 Å². The summed E-state index contributed by atoms with van der Waals surface area (Å²) < 4.78 is 0. The van der Waals surface area contributed by atoms with Crippen LogP contribution in [0.4, 0.5) is 0 Å². The van der Waals surface area contributed by atoms with E-state index >= 15 is 0 Å². The van der Waals surface area contributed by atoms with Gasteiger partial charge in [-0.05, 0) is 40.1 Å². The lowest BCUT2D eigenvalue weighted by Gasteiger charge is -2.17. The van der Waals surface area contributed by atoms with E-state index in [1.807, 2.05) is 0 Å². The lowest BCUT2D eigenvalue weighted by molar-refractivity contribution is 0.634. The minimum absolute atomic E-state index is 0.405. The van der Waals surface area contributed by atoms with Crippen molar-refractivity contribution >= 4 is 21.7 Å². The Morgan fingerprint density at radius 2 is 1.69 bits per heavy atom. The summed E-state index contributed by atoms with van der Waals surface area (Å²) in [7, 11) is 7.26. The quantitative estimate of drug-likeness (QED) is 0.710. The van der Waals surface area contributed by atoms with Crippen molar-refractivity contribution in [2.45, 2.75) is 26.0 Å². The van der Waals surface area contributed by atoms with E-state index < -0.39 is 0 Å². The molecule has 1 aromatic rings. The molecule has 1 rings (SSSR count). The summed E-state index contributed by atoms with van der Waals surface area (Å²) in [5.74, 6) is 0.574. The normalized spacial score (nSPS) is 13.3. The van der Waals surface area contributed by atoms with E-state index in [1.54, 1.807) is 0 Å². The van der Waals surface area contributed by atoms with E-state index in [1.165, 1.54) is 22.1 Å². The standard InChI is InChI=1S/C11H15ClS/c1-8(2)11(13-12)10-6-4-9(3)5-7-10/h4-8,11H,1-3H3. The van der Waals surface area contributed by atoms with Gasteiger partial charge in [0.2, 0.25) is 0 Å². The SMILES string of the molecule is Cc1ccc(C(SCl)C(C)C)cc1.